The molecule has 24 heavy (non-hydrogen) atoms. The van der Waals surface area contributed by atoms with Crippen LogP contribution in [0.5, 0.6) is 23.0 Å². The first-order valence-electron chi connectivity index (χ1n) is 7.16. The molecule has 0 aliphatic rings. The zero-order valence-corrected chi connectivity index (χ0v) is 13.5. The van der Waals surface area contributed by atoms with Crippen molar-refractivity contribution in [3.05, 3.63) is 46.6 Å². The van der Waals surface area contributed by atoms with Gasteiger partial charge in [-0.2, -0.15) is 0 Å². The van der Waals surface area contributed by atoms with E-state index in [0.29, 0.717) is 28.2 Å². The minimum atomic E-state index is -0.266. The fourth-order valence-electron chi connectivity index (χ4n) is 2.59. The fraction of sp³-hybridized carbons (Fsp3) is 0.167. The van der Waals surface area contributed by atoms with Crippen molar-refractivity contribution in [2.45, 2.75) is 0 Å². The summed E-state index contributed by atoms with van der Waals surface area (Å²) in [6, 6.07) is 9.35. The molecule has 124 valence electrons. The van der Waals surface area contributed by atoms with Gasteiger partial charge in [-0.3, -0.25) is 4.79 Å². The summed E-state index contributed by atoms with van der Waals surface area (Å²) in [4.78, 5) is 12.5. The smallest absolute Gasteiger partial charge is 0.204 e. The molecule has 0 unspecified atom stereocenters. The SMILES string of the molecule is COc1cccc(O)c1-c1cc(=O)c2ccc(OC)c(OC)c2o1. The molecule has 6 nitrogen and oxygen atoms in total. The van der Waals surface area contributed by atoms with Crippen LogP contribution in [-0.2, 0) is 0 Å². The van der Waals surface area contributed by atoms with E-state index in [9.17, 15) is 9.90 Å². The normalized spacial score (nSPS) is 10.6. The van der Waals surface area contributed by atoms with Gasteiger partial charge in [0.2, 0.25) is 5.75 Å². The van der Waals surface area contributed by atoms with Crippen molar-refractivity contribution < 1.29 is 23.7 Å². The number of fused-ring (bicyclic) bond motifs is 1. The highest BCUT2D eigenvalue weighted by Gasteiger charge is 2.19. The number of ether oxygens (including phenoxy) is 3. The van der Waals surface area contributed by atoms with Crippen LogP contribution in [-0.4, -0.2) is 26.4 Å². The van der Waals surface area contributed by atoms with Gasteiger partial charge in [-0.05, 0) is 24.3 Å². The molecule has 0 saturated carbocycles. The van der Waals surface area contributed by atoms with E-state index in [1.807, 2.05) is 0 Å². The van der Waals surface area contributed by atoms with Crippen molar-refractivity contribution >= 4 is 11.0 Å². The maximum atomic E-state index is 12.5. The number of hydrogen-bond acceptors (Lipinski definition) is 6. The Bertz CT molecular complexity index is 958. The van der Waals surface area contributed by atoms with Crippen LogP contribution >= 0.6 is 0 Å². The van der Waals surface area contributed by atoms with Crippen molar-refractivity contribution in [1.29, 1.82) is 0 Å². The average Bonchev–Trinajstić information content (AvgIpc) is 2.60. The zero-order chi connectivity index (χ0) is 17.3. The van der Waals surface area contributed by atoms with E-state index in [-0.39, 0.29) is 22.5 Å². The third-order valence-corrected chi connectivity index (χ3v) is 3.71. The molecule has 0 spiro atoms. The van der Waals surface area contributed by atoms with Crippen molar-refractivity contribution in [3.63, 3.8) is 0 Å². The third-order valence-electron chi connectivity index (χ3n) is 3.71. The van der Waals surface area contributed by atoms with E-state index in [2.05, 4.69) is 0 Å². The number of aromatic hydroxyl groups is 1. The second kappa shape index (κ2) is 6.16. The highest BCUT2D eigenvalue weighted by Crippen LogP contribution is 2.40. The number of hydrogen-bond donors (Lipinski definition) is 1. The molecule has 0 radical (unpaired) electrons. The Morgan fingerprint density at radius 1 is 0.958 bits per heavy atom. The third kappa shape index (κ3) is 2.42. The Morgan fingerprint density at radius 2 is 1.71 bits per heavy atom. The molecule has 3 aromatic rings. The molecule has 0 fully saturated rings. The summed E-state index contributed by atoms with van der Waals surface area (Å²) in [7, 11) is 4.43. The number of methoxy groups -OCH3 is 3. The molecule has 1 N–H and O–H groups in total. The summed E-state index contributed by atoms with van der Waals surface area (Å²) in [5.74, 6) is 1.25. The second-order valence-electron chi connectivity index (χ2n) is 5.01. The molecule has 1 heterocycles. The van der Waals surface area contributed by atoms with Gasteiger partial charge in [0, 0.05) is 6.07 Å². The summed E-state index contributed by atoms with van der Waals surface area (Å²) >= 11 is 0. The quantitative estimate of drug-likeness (QED) is 0.792. The van der Waals surface area contributed by atoms with Crippen molar-refractivity contribution in [2.75, 3.05) is 21.3 Å². The van der Waals surface area contributed by atoms with Crippen molar-refractivity contribution in [3.8, 4) is 34.3 Å². The lowest BCUT2D eigenvalue weighted by Gasteiger charge is -2.12. The molecule has 0 aliphatic carbocycles. The Balaban J connectivity index is 2.38. The minimum Gasteiger partial charge on any atom is -0.507 e. The summed E-state index contributed by atoms with van der Waals surface area (Å²) in [5, 5.41) is 10.5. The van der Waals surface area contributed by atoms with Crippen LogP contribution in [0.3, 0.4) is 0 Å². The molecule has 6 heteroatoms. The predicted octanol–water partition coefficient (Wildman–Crippen LogP) is 3.19. The number of phenolic OH excluding ortho intramolecular Hbond substituents is 1. The highest BCUT2D eigenvalue weighted by molar-refractivity contribution is 5.87. The number of phenols is 1. The molecule has 1 aromatic heterocycles. The van der Waals surface area contributed by atoms with Crippen LogP contribution in [0.25, 0.3) is 22.3 Å². The lowest BCUT2D eigenvalue weighted by Crippen LogP contribution is -2.03. The molecule has 0 atom stereocenters. The highest BCUT2D eigenvalue weighted by atomic mass is 16.5. The van der Waals surface area contributed by atoms with Crippen LogP contribution in [0.2, 0.25) is 0 Å². The van der Waals surface area contributed by atoms with E-state index in [0.717, 1.165) is 0 Å². The maximum absolute atomic E-state index is 12.5. The van der Waals surface area contributed by atoms with Crippen LogP contribution in [0.15, 0.2) is 45.6 Å². The van der Waals surface area contributed by atoms with Gasteiger partial charge in [-0.1, -0.05) is 6.07 Å². The zero-order valence-electron chi connectivity index (χ0n) is 13.5. The van der Waals surface area contributed by atoms with E-state index < -0.39 is 0 Å². The van der Waals surface area contributed by atoms with Crippen LogP contribution in [0.1, 0.15) is 0 Å². The van der Waals surface area contributed by atoms with Crippen molar-refractivity contribution in [2.24, 2.45) is 0 Å². The molecular weight excluding hydrogens is 312 g/mol. The van der Waals surface area contributed by atoms with Crippen LogP contribution in [0.4, 0.5) is 0 Å². The molecule has 0 saturated heterocycles. The lowest BCUT2D eigenvalue weighted by molar-refractivity contribution is 0.353. The molecule has 2 aromatic carbocycles. The number of benzene rings is 2. The van der Waals surface area contributed by atoms with Gasteiger partial charge in [0.1, 0.15) is 22.8 Å². The lowest BCUT2D eigenvalue weighted by atomic mass is 10.1. The first-order valence-corrected chi connectivity index (χ1v) is 7.16. The van der Waals surface area contributed by atoms with E-state index in [4.69, 9.17) is 18.6 Å². The molecule has 0 amide bonds. The Hall–Kier alpha value is -3.15. The Kier molecular flexibility index (Phi) is 4.04. The Labute approximate surface area is 137 Å². The summed E-state index contributed by atoms with van der Waals surface area (Å²) in [6.45, 7) is 0. The molecule has 0 bridgehead atoms. The largest absolute Gasteiger partial charge is 0.507 e. The van der Waals surface area contributed by atoms with Gasteiger partial charge in [-0.25, -0.2) is 0 Å². The summed E-state index contributed by atoms with van der Waals surface area (Å²) in [6.07, 6.45) is 0. The van der Waals surface area contributed by atoms with E-state index in [1.165, 1.54) is 33.5 Å². The minimum absolute atomic E-state index is 0.0567. The topological polar surface area (TPSA) is 78.1 Å². The van der Waals surface area contributed by atoms with Crippen LogP contribution in [0, 0.1) is 0 Å². The molecule has 3 rings (SSSR count). The van der Waals surface area contributed by atoms with Gasteiger partial charge in [0.05, 0.1) is 26.7 Å². The van der Waals surface area contributed by atoms with E-state index >= 15 is 0 Å². The predicted molar refractivity (Wildman–Crippen MR) is 89.2 cm³/mol. The summed E-state index contributed by atoms with van der Waals surface area (Å²) < 4.78 is 21.7. The van der Waals surface area contributed by atoms with Gasteiger partial charge in [0.25, 0.3) is 0 Å². The van der Waals surface area contributed by atoms with Gasteiger partial charge >= 0.3 is 0 Å². The second-order valence-corrected chi connectivity index (χ2v) is 5.01. The van der Waals surface area contributed by atoms with Gasteiger partial charge in [0.15, 0.2) is 16.8 Å². The monoisotopic (exact) mass is 328 g/mol. The van der Waals surface area contributed by atoms with E-state index in [1.54, 1.807) is 24.3 Å². The summed E-state index contributed by atoms with van der Waals surface area (Å²) in [5.41, 5.74) is 0.269. The first-order chi connectivity index (χ1) is 11.6. The van der Waals surface area contributed by atoms with Gasteiger partial charge < -0.3 is 23.7 Å². The molecule has 0 aliphatic heterocycles. The average molecular weight is 328 g/mol. The Morgan fingerprint density at radius 3 is 2.38 bits per heavy atom. The van der Waals surface area contributed by atoms with Gasteiger partial charge in [-0.15, -0.1) is 0 Å². The first kappa shape index (κ1) is 15.7. The standard InChI is InChI=1S/C18H16O6/c1-21-13-6-4-5-11(19)16(13)15-9-12(20)10-7-8-14(22-2)18(23-3)17(10)24-15/h4-9,19H,1-3H3. The molecular formula is C18H16O6. The van der Waals surface area contributed by atoms with Crippen LogP contribution < -0.4 is 19.6 Å². The fourth-order valence-corrected chi connectivity index (χ4v) is 2.59. The number of rotatable bonds is 4. The maximum Gasteiger partial charge on any atom is 0.204 e. The van der Waals surface area contributed by atoms with Crippen molar-refractivity contribution in [1.82, 2.24) is 0 Å².